The van der Waals surface area contributed by atoms with Crippen LogP contribution in [0.4, 0.5) is 0 Å². The summed E-state index contributed by atoms with van der Waals surface area (Å²) in [4.78, 5) is 10.2. The monoisotopic (exact) mass is 130 g/mol. The summed E-state index contributed by atoms with van der Waals surface area (Å²) >= 11 is 0. The number of carbonyl (C=O) groups is 1. The van der Waals surface area contributed by atoms with Gasteiger partial charge >= 0.3 is 5.97 Å². The molecule has 0 aromatic carbocycles. The molecule has 0 heterocycles. The summed E-state index contributed by atoms with van der Waals surface area (Å²) in [7, 11) is 0. The molecule has 1 atom stereocenters. The standard InChI is InChI=1S/C6H10O3/c1-5(2)3-6(5,9)4(7)8/h9H,3H2,1-2H3,(H,7,8)/t6-/m1/s1. The van der Waals surface area contributed by atoms with E-state index in [1.165, 1.54) is 0 Å². The molecule has 52 valence electrons. The van der Waals surface area contributed by atoms with Gasteiger partial charge in [0.1, 0.15) is 0 Å². The van der Waals surface area contributed by atoms with Gasteiger partial charge in [-0.15, -0.1) is 0 Å². The fourth-order valence-corrected chi connectivity index (χ4v) is 0.960. The van der Waals surface area contributed by atoms with Crippen molar-refractivity contribution >= 4 is 5.97 Å². The van der Waals surface area contributed by atoms with Crippen LogP contribution in [0, 0.1) is 5.41 Å². The molecule has 1 aliphatic carbocycles. The summed E-state index contributed by atoms with van der Waals surface area (Å²) < 4.78 is 0. The number of carboxylic acid groups (broad SMARTS) is 1. The molecule has 0 amide bonds. The molecule has 1 saturated carbocycles. The number of aliphatic hydroxyl groups is 1. The Balaban J connectivity index is 2.74. The summed E-state index contributed by atoms with van der Waals surface area (Å²) in [5.41, 5.74) is -1.86. The molecule has 0 aromatic rings. The fourth-order valence-electron chi connectivity index (χ4n) is 0.960. The summed E-state index contributed by atoms with van der Waals surface area (Å²) in [5, 5.41) is 17.5. The minimum atomic E-state index is -1.44. The number of aliphatic carboxylic acids is 1. The third-order valence-corrected chi connectivity index (χ3v) is 2.05. The molecule has 0 spiro atoms. The minimum Gasteiger partial charge on any atom is -0.479 e. The molecular formula is C6H10O3. The average Bonchev–Trinajstić information content (AvgIpc) is 2.08. The quantitative estimate of drug-likeness (QED) is 0.534. The van der Waals surface area contributed by atoms with Crippen LogP contribution in [-0.4, -0.2) is 21.8 Å². The molecule has 1 fully saturated rings. The average molecular weight is 130 g/mol. The van der Waals surface area contributed by atoms with E-state index in [0.717, 1.165) is 0 Å². The molecule has 2 N–H and O–H groups in total. The molecule has 0 aliphatic heterocycles. The van der Waals surface area contributed by atoms with E-state index in [0.29, 0.717) is 6.42 Å². The predicted octanol–water partition coefficient (Wildman–Crippen LogP) is 0.232. The molecule has 1 aliphatic rings. The molecule has 0 unspecified atom stereocenters. The first-order valence-electron chi connectivity index (χ1n) is 2.86. The minimum absolute atomic E-state index is 0.370. The second-order valence-electron chi connectivity index (χ2n) is 3.23. The number of hydrogen-bond donors (Lipinski definition) is 2. The zero-order valence-electron chi connectivity index (χ0n) is 5.51. The Morgan fingerprint density at radius 3 is 1.89 bits per heavy atom. The maximum Gasteiger partial charge on any atom is 0.336 e. The SMILES string of the molecule is CC1(C)C[C@@]1(O)C(=O)O. The van der Waals surface area contributed by atoms with Gasteiger partial charge in [0.15, 0.2) is 5.60 Å². The zero-order valence-corrected chi connectivity index (χ0v) is 5.51. The lowest BCUT2D eigenvalue weighted by Crippen LogP contribution is -2.26. The summed E-state index contributed by atoms with van der Waals surface area (Å²) in [6.45, 7) is 3.47. The Hall–Kier alpha value is -0.570. The third kappa shape index (κ3) is 0.645. The van der Waals surface area contributed by atoms with Crippen molar-refractivity contribution in [2.45, 2.75) is 25.9 Å². The van der Waals surface area contributed by atoms with Crippen LogP contribution >= 0.6 is 0 Å². The largest absolute Gasteiger partial charge is 0.479 e. The highest BCUT2D eigenvalue weighted by Crippen LogP contribution is 2.55. The van der Waals surface area contributed by atoms with Crippen LogP contribution in [0.25, 0.3) is 0 Å². The number of rotatable bonds is 1. The Kier molecular flexibility index (Phi) is 0.939. The summed E-state index contributed by atoms with van der Waals surface area (Å²) in [6, 6.07) is 0. The van der Waals surface area contributed by atoms with Crippen LogP contribution in [0.3, 0.4) is 0 Å². The molecule has 3 nitrogen and oxygen atoms in total. The van der Waals surface area contributed by atoms with Crippen molar-refractivity contribution in [3.63, 3.8) is 0 Å². The van der Waals surface area contributed by atoms with Gasteiger partial charge in [0, 0.05) is 5.41 Å². The topological polar surface area (TPSA) is 57.5 Å². The highest BCUT2D eigenvalue weighted by atomic mass is 16.4. The van der Waals surface area contributed by atoms with Crippen LogP contribution in [0.1, 0.15) is 20.3 Å². The van der Waals surface area contributed by atoms with Crippen molar-refractivity contribution in [1.82, 2.24) is 0 Å². The first kappa shape index (κ1) is 6.55. The van der Waals surface area contributed by atoms with Crippen molar-refractivity contribution in [3.05, 3.63) is 0 Å². The Labute approximate surface area is 53.3 Å². The second-order valence-corrected chi connectivity index (χ2v) is 3.23. The van der Waals surface area contributed by atoms with Crippen molar-refractivity contribution in [1.29, 1.82) is 0 Å². The molecule has 3 heteroatoms. The lowest BCUT2D eigenvalue weighted by atomic mass is 10.1. The molecule has 0 aromatic heterocycles. The molecular weight excluding hydrogens is 120 g/mol. The smallest absolute Gasteiger partial charge is 0.336 e. The van der Waals surface area contributed by atoms with E-state index in [1.807, 2.05) is 0 Å². The van der Waals surface area contributed by atoms with Gasteiger partial charge in [-0.25, -0.2) is 4.79 Å². The van der Waals surface area contributed by atoms with Gasteiger partial charge in [-0.3, -0.25) is 0 Å². The van der Waals surface area contributed by atoms with Gasteiger partial charge < -0.3 is 10.2 Å². The first-order chi connectivity index (χ1) is 3.90. The Morgan fingerprint density at radius 2 is 1.89 bits per heavy atom. The van der Waals surface area contributed by atoms with Gasteiger partial charge in [0.2, 0.25) is 0 Å². The van der Waals surface area contributed by atoms with E-state index in [-0.39, 0.29) is 0 Å². The highest BCUT2D eigenvalue weighted by molar-refractivity contribution is 5.82. The van der Waals surface area contributed by atoms with Crippen molar-refractivity contribution in [2.24, 2.45) is 5.41 Å². The number of hydrogen-bond acceptors (Lipinski definition) is 2. The lowest BCUT2D eigenvalue weighted by Gasteiger charge is -2.05. The van der Waals surface area contributed by atoms with Gasteiger partial charge in [-0.2, -0.15) is 0 Å². The van der Waals surface area contributed by atoms with Gasteiger partial charge in [0.05, 0.1) is 0 Å². The van der Waals surface area contributed by atoms with E-state index in [1.54, 1.807) is 13.8 Å². The van der Waals surface area contributed by atoms with Crippen LogP contribution in [0.5, 0.6) is 0 Å². The van der Waals surface area contributed by atoms with Crippen LogP contribution in [-0.2, 0) is 4.79 Å². The van der Waals surface area contributed by atoms with E-state index in [9.17, 15) is 4.79 Å². The van der Waals surface area contributed by atoms with E-state index >= 15 is 0 Å². The van der Waals surface area contributed by atoms with Gasteiger partial charge in [-0.05, 0) is 6.42 Å². The lowest BCUT2D eigenvalue weighted by molar-refractivity contribution is -0.151. The van der Waals surface area contributed by atoms with E-state index in [4.69, 9.17) is 10.2 Å². The molecule has 0 saturated heterocycles. The summed E-state index contributed by atoms with van der Waals surface area (Å²) in [6.07, 6.45) is 0.370. The molecule has 0 bridgehead atoms. The fraction of sp³-hybridized carbons (Fsp3) is 0.833. The second kappa shape index (κ2) is 1.29. The van der Waals surface area contributed by atoms with Gasteiger partial charge in [0.25, 0.3) is 0 Å². The maximum atomic E-state index is 10.2. The van der Waals surface area contributed by atoms with Crippen molar-refractivity contribution in [3.8, 4) is 0 Å². The summed E-state index contributed by atoms with van der Waals surface area (Å²) in [5.74, 6) is -1.10. The first-order valence-corrected chi connectivity index (χ1v) is 2.86. The highest BCUT2D eigenvalue weighted by Gasteiger charge is 2.66. The molecule has 0 radical (unpaired) electrons. The zero-order chi connectivity index (χ0) is 7.28. The van der Waals surface area contributed by atoms with E-state index in [2.05, 4.69) is 0 Å². The van der Waals surface area contributed by atoms with Crippen LogP contribution in [0.15, 0.2) is 0 Å². The Morgan fingerprint density at radius 1 is 1.56 bits per heavy atom. The molecule has 9 heavy (non-hydrogen) atoms. The van der Waals surface area contributed by atoms with Gasteiger partial charge in [-0.1, -0.05) is 13.8 Å². The normalized spacial score (nSPS) is 38.1. The molecule has 1 rings (SSSR count). The third-order valence-electron chi connectivity index (χ3n) is 2.05. The maximum absolute atomic E-state index is 10.2. The van der Waals surface area contributed by atoms with Crippen LogP contribution in [0.2, 0.25) is 0 Å². The Bertz CT molecular complexity index is 162. The van der Waals surface area contributed by atoms with E-state index < -0.39 is 17.0 Å². The van der Waals surface area contributed by atoms with Crippen LogP contribution < -0.4 is 0 Å². The van der Waals surface area contributed by atoms with Crippen molar-refractivity contribution in [2.75, 3.05) is 0 Å². The number of carboxylic acids is 1. The van der Waals surface area contributed by atoms with Crippen molar-refractivity contribution < 1.29 is 15.0 Å². The predicted molar refractivity (Wildman–Crippen MR) is 31.0 cm³/mol.